The number of unbranched alkanes of at least 4 members (excludes halogenated alkanes) is 1. The topological polar surface area (TPSA) is 105 Å². The third-order valence-corrected chi connectivity index (χ3v) is 4.91. The average Bonchev–Trinajstić information content (AvgIpc) is 3.28. The zero-order chi connectivity index (χ0) is 20.1. The molecule has 2 heterocycles. The molecular formula is C17H20F2N6O2S. The largest absolute Gasteiger partial charge is 0.435 e. The monoisotopic (exact) mass is 410 g/mol. The van der Waals surface area contributed by atoms with Gasteiger partial charge in [-0.05, 0) is 37.6 Å². The van der Waals surface area contributed by atoms with Crippen LogP contribution in [0, 0.1) is 0 Å². The second-order valence-corrected chi connectivity index (χ2v) is 7.30. The molecule has 0 fully saturated rings. The predicted octanol–water partition coefficient (Wildman–Crippen LogP) is 3.84. The third-order valence-electron chi connectivity index (χ3n) is 3.87. The number of alkyl halides is 2. The first kappa shape index (κ1) is 20.1. The van der Waals surface area contributed by atoms with Crippen LogP contribution in [0.3, 0.4) is 0 Å². The Morgan fingerprint density at radius 2 is 2.00 bits per heavy atom. The summed E-state index contributed by atoms with van der Waals surface area (Å²) < 4.78 is 35.5. The van der Waals surface area contributed by atoms with E-state index in [1.165, 1.54) is 28.6 Å². The Bertz CT molecular complexity index is 899. The van der Waals surface area contributed by atoms with E-state index < -0.39 is 6.61 Å². The predicted molar refractivity (Wildman–Crippen MR) is 99.4 cm³/mol. The van der Waals surface area contributed by atoms with Gasteiger partial charge in [-0.1, -0.05) is 30.3 Å². The molecule has 0 aliphatic carbocycles. The molecule has 11 heteroatoms. The lowest BCUT2D eigenvalue weighted by Gasteiger charge is -2.07. The molecule has 0 saturated carbocycles. The lowest BCUT2D eigenvalue weighted by molar-refractivity contribution is -0.0498. The molecule has 2 N–H and O–H groups in total. The van der Waals surface area contributed by atoms with Crippen LogP contribution in [-0.4, -0.2) is 31.6 Å². The summed E-state index contributed by atoms with van der Waals surface area (Å²) >= 11 is 1.33. The van der Waals surface area contributed by atoms with Gasteiger partial charge in [0.05, 0.1) is 5.25 Å². The first-order valence-electron chi connectivity index (χ1n) is 8.72. The highest BCUT2D eigenvalue weighted by atomic mass is 32.2. The number of aryl methyl sites for hydroxylation is 1. The van der Waals surface area contributed by atoms with E-state index in [0.717, 1.165) is 19.3 Å². The number of aromatic nitrogens is 5. The zero-order valence-electron chi connectivity index (χ0n) is 15.4. The molecule has 2 aromatic heterocycles. The fraction of sp³-hybridized carbons (Fsp3) is 0.412. The summed E-state index contributed by atoms with van der Waals surface area (Å²) in [6.07, 6.45) is 2.84. The summed E-state index contributed by atoms with van der Waals surface area (Å²) in [7, 11) is 0. The van der Waals surface area contributed by atoms with Gasteiger partial charge in [0.15, 0.2) is 11.6 Å². The molecule has 0 aliphatic heterocycles. The Morgan fingerprint density at radius 3 is 2.68 bits per heavy atom. The second kappa shape index (κ2) is 9.00. The number of benzene rings is 1. The van der Waals surface area contributed by atoms with Gasteiger partial charge in [0.1, 0.15) is 5.75 Å². The van der Waals surface area contributed by atoms with Crippen molar-refractivity contribution in [1.29, 1.82) is 0 Å². The van der Waals surface area contributed by atoms with Gasteiger partial charge >= 0.3 is 6.61 Å². The van der Waals surface area contributed by atoms with Gasteiger partial charge in [0, 0.05) is 12.0 Å². The first-order chi connectivity index (χ1) is 13.5. The lowest BCUT2D eigenvalue weighted by Crippen LogP contribution is -2.12. The van der Waals surface area contributed by atoms with Gasteiger partial charge in [-0.2, -0.15) is 13.8 Å². The number of thioether (sulfide) groups is 1. The van der Waals surface area contributed by atoms with Crippen LogP contribution in [0.2, 0.25) is 0 Å². The van der Waals surface area contributed by atoms with Gasteiger partial charge in [-0.15, -0.1) is 10.2 Å². The van der Waals surface area contributed by atoms with Gasteiger partial charge in [0.25, 0.3) is 0 Å². The van der Waals surface area contributed by atoms with E-state index in [9.17, 15) is 8.78 Å². The quantitative estimate of drug-likeness (QED) is 0.419. The molecule has 0 aliphatic rings. The Hall–Kier alpha value is -2.69. The maximum Gasteiger partial charge on any atom is 0.387 e. The lowest BCUT2D eigenvalue weighted by atomic mass is 10.2. The van der Waals surface area contributed by atoms with E-state index in [4.69, 9.17) is 10.4 Å². The molecule has 0 amide bonds. The summed E-state index contributed by atoms with van der Waals surface area (Å²) in [6.45, 7) is 1.14. The Labute approximate surface area is 164 Å². The number of nitrogens with zero attached hydrogens (tertiary/aromatic N) is 5. The third kappa shape index (κ3) is 4.77. The number of nitrogen functional groups attached to an aromatic ring is 1. The van der Waals surface area contributed by atoms with Crippen LogP contribution in [0.25, 0.3) is 11.4 Å². The van der Waals surface area contributed by atoms with Crippen LogP contribution < -0.4 is 10.6 Å². The van der Waals surface area contributed by atoms with Crippen molar-refractivity contribution in [3.8, 4) is 17.1 Å². The molecule has 8 nitrogen and oxygen atoms in total. The van der Waals surface area contributed by atoms with Crippen molar-refractivity contribution < 1.29 is 18.0 Å². The van der Waals surface area contributed by atoms with Crippen molar-refractivity contribution in [2.75, 3.05) is 5.84 Å². The van der Waals surface area contributed by atoms with Crippen molar-refractivity contribution in [3.63, 3.8) is 0 Å². The molecule has 0 bridgehead atoms. The molecule has 0 spiro atoms. The van der Waals surface area contributed by atoms with Crippen LogP contribution in [-0.2, 0) is 6.42 Å². The minimum Gasteiger partial charge on any atom is -0.435 e. The van der Waals surface area contributed by atoms with E-state index in [2.05, 4.69) is 32.0 Å². The number of hydrogen-bond acceptors (Lipinski definition) is 8. The van der Waals surface area contributed by atoms with Crippen molar-refractivity contribution in [1.82, 2.24) is 25.0 Å². The summed E-state index contributed by atoms with van der Waals surface area (Å²) in [4.78, 5) is 4.40. The van der Waals surface area contributed by atoms with E-state index in [1.807, 2.05) is 6.92 Å². The molecule has 150 valence electrons. The van der Waals surface area contributed by atoms with Crippen LogP contribution in [0.15, 0.2) is 33.9 Å². The Morgan fingerprint density at radius 1 is 1.25 bits per heavy atom. The minimum absolute atomic E-state index is 0.0559. The Balaban J connectivity index is 1.69. The van der Waals surface area contributed by atoms with Crippen molar-refractivity contribution in [2.45, 2.75) is 50.1 Å². The minimum atomic E-state index is -2.87. The highest BCUT2D eigenvalue weighted by Gasteiger charge is 2.20. The SMILES string of the molecule is CCCCc1noc([C@H](C)Sc2nnc(-c3ccc(OC(F)F)cc3)n2N)n1. The van der Waals surface area contributed by atoms with Crippen LogP contribution >= 0.6 is 11.8 Å². The maximum atomic E-state index is 12.2. The van der Waals surface area contributed by atoms with Crippen LogP contribution in [0.5, 0.6) is 5.75 Å². The molecule has 1 atom stereocenters. The van der Waals surface area contributed by atoms with Crippen LogP contribution in [0.4, 0.5) is 8.78 Å². The molecule has 0 saturated heterocycles. The van der Waals surface area contributed by atoms with Gasteiger partial charge < -0.3 is 15.1 Å². The smallest absolute Gasteiger partial charge is 0.387 e. The second-order valence-electron chi connectivity index (χ2n) is 5.99. The molecule has 1 aromatic carbocycles. The van der Waals surface area contributed by atoms with Gasteiger partial charge in [-0.3, -0.25) is 0 Å². The summed E-state index contributed by atoms with van der Waals surface area (Å²) in [6, 6.07) is 6.01. The van der Waals surface area contributed by atoms with Crippen molar-refractivity contribution in [3.05, 3.63) is 36.0 Å². The van der Waals surface area contributed by atoms with E-state index in [-0.39, 0.29) is 11.0 Å². The number of ether oxygens (including phenoxy) is 1. The van der Waals surface area contributed by atoms with Crippen molar-refractivity contribution >= 4 is 11.8 Å². The molecular weight excluding hydrogens is 390 g/mol. The number of rotatable bonds is 9. The highest BCUT2D eigenvalue weighted by Crippen LogP contribution is 2.33. The Kier molecular flexibility index (Phi) is 6.45. The highest BCUT2D eigenvalue weighted by molar-refractivity contribution is 7.99. The van der Waals surface area contributed by atoms with E-state index in [1.54, 1.807) is 12.1 Å². The summed E-state index contributed by atoms with van der Waals surface area (Å²) in [5.41, 5.74) is 0.621. The van der Waals surface area contributed by atoms with Gasteiger partial charge in [0.2, 0.25) is 11.0 Å². The number of halogens is 2. The first-order valence-corrected chi connectivity index (χ1v) is 9.60. The average molecular weight is 410 g/mol. The molecule has 28 heavy (non-hydrogen) atoms. The fourth-order valence-electron chi connectivity index (χ4n) is 2.42. The molecule has 0 unspecified atom stereocenters. The maximum absolute atomic E-state index is 12.2. The van der Waals surface area contributed by atoms with Crippen molar-refractivity contribution in [2.24, 2.45) is 0 Å². The molecule has 0 radical (unpaired) electrons. The van der Waals surface area contributed by atoms with E-state index in [0.29, 0.717) is 28.3 Å². The number of hydrogen-bond donors (Lipinski definition) is 1. The van der Waals surface area contributed by atoms with Gasteiger partial charge in [-0.25, -0.2) is 4.68 Å². The van der Waals surface area contributed by atoms with E-state index >= 15 is 0 Å². The fourth-order valence-corrected chi connectivity index (χ4v) is 3.22. The number of nitrogens with two attached hydrogens (primary N) is 1. The molecule has 3 rings (SSSR count). The summed E-state index contributed by atoms with van der Waals surface area (Å²) in [5, 5.41) is 12.5. The zero-order valence-corrected chi connectivity index (χ0v) is 16.2. The van der Waals surface area contributed by atoms with Crippen LogP contribution in [0.1, 0.15) is 43.7 Å². The summed E-state index contributed by atoms with van der Waals surface area (Å²) in [5.74, 6) is 7.74. The molecule has 3 aromatic rings. The normalized spacial score (nSPS) is 12.5. The standard InChI is InChI=1S/C17H20F2N6O2S/c1-3-4-5-13-21-15(27-24-13)10(2)28-17-23-22-14(25(17)20)11-6-8-12(9-7-11)26-16(18)19/h6-10,16H,3-5,20H2,1-2H3/t10-/m0/s1.